The number of carbonyl (C=O) groups excluding carboxylic acids is 2. The van der Waals surface area contributed by atoms with E-state index in [0.29, 0.717) is 23.5 Å². The number of phenols is 1. The summed E-state index contributed by atoms with van der Waals surface area (Å²) in [4.78, 5) is 25.1. The van der Waals surface area contributed by atoms with E-state index in [1.807, 2.05) is 30.3 Å². The second kappa shape index (κ2) is 9.38. The largest absolute Gasteiger partial charge is 0.507 e. The summed E-state index contributed by atoms with van der Waals surface area (Å²) in [6.07, 6.45) is 3.39. The number of ether oxygens (including phenoxy) is 1. The molecule has 35 heavy (non-hydrogen) atoms. The lowest BCUT2D eigenvalue weighted by molar-refractivity contribution is 0.0996. The number of rotatable bonds is 7. The zero-order valence-corrected chi connectivity index (χ0v) is 19.0. The quantitative estimate of drug-likeness (QED) is 0.357. The summed E-state index contributed by atoms with van der Waals surface area (Å²) in [5, 5.41) is 20.7. The van der Waals surface area contributed by atoms with Crippen LogP contribution >= 0.6 is 0 Å². The number of nitrogens with one attached hydrogen (secondary N) is 2. The number of aromatic nitrogens is 2. The number of benzene rings is 2. The Morgan fingerprint density at radius 3 is 2.60 bits per heavy atom. The number of phenolic OH excluding ortho intramolecular Hbond substituents is 1. The molecule has 2 heterocycles. The fourth-order valence-electron chi connectivity index (χ4n) is 3.78. The molecule has 0 bridgehead atoms. The minimum atomic E-state index is -0.420. The SMILES string of the molecule is COc1ccc(CNC(=O)n2nc(-c3ccc(NC(=O)c4ccco4)cc3O)cc2C2CC2)cc1. The van der Waals surface area contributed by atoms with Crippen LogP contribution in [0.1, 0.15) is 40.6 Å². The third kappa shape index (κ3) is 4.89. The summed E-state index contributed by atoms with van der Waals surface area (Å²) >= 11 is 0. The molecule has 0 unspecified atom stereocenters. The van der Waals surface area contributed by atoms with Crippen LogP contribution in [0.5, 0.6) is 11.5 Å². The highest BCUT2D eigenvalue weighted by Gasteiger charge is 2.30. The molecule has 0 saturated heterocycles. The van der Waals surface area contributed by atoms with Crippen LogP contribution in [-0.4, -0.2) is 33.9 Å². The van der Waals surface area contributed by atoms with Gasteiger partial charge in [-0.25, -0.2) is 4.79 Å². The van der Waals surface area contributed by atoms with Crippen molar-refractivity contribution in [3.05, 3.63) is 83.9 Å². The monoisotopic (exact) mass is 472 g/mol. The smallest absolute Gasteiger partial charge is 0.342 e. The van der Waals surface area contributed by atoms with Gasteiger partial charge in [-0.05, 0) is 60.9 Å². The van der Waals surface area contributed by atoms with Gasteiger partial charge in [-0.15, -0.1) is 0 Å². The molecule has 178 valence electrons. The first-order valence-electron chi connectivity index (χ1n) is 11.2. The number of aromatic hydroxyl groups is 1. The Bertz CT molecular complexity index is 1360. The van der Waals surface area contributed by atoms with E-state index in [2.05, 4.69) is 15.7 Å². The van der Waals surface area contributed by atoms with Gasteiger partial charge in [0.25, 0.3) is 5.91 Å². The molecule has 4 aromatic rings. The van der Waals surface area contributed by atoms with Crippen LogP contribution in [0.25, 0.3) is 11.3 Å². The van der Waals surface area contributed by atoms with Gasteiger partial charge in [-0.2, -0.15) is 9.78 Å². The highest BCUT2D eigenvalue weighted by Crippen LogP contribution is 2.42. The van der Waals surface area contributed by atoms with Crippen LogP contribution in [-0.2, 0) is 6.54 Å². The fraction of sp³-hybridized carbons (Fsp3) is 0.192. The van der Waals surface area contributed by atoms with Crippen molar-refractivity contribution in [3.63, 3.8) is 0 Å². The van der Waals surface area contributed by atoms with Gasteiger partial charge in [0, 0.05) is 29.8 Å². The van der Waals surface area contributed by atoms with Crippen molar-refractivity contribution in [2.75, 3.05) is 12.4 Å². The van der Waals surface area contributed by atoms with Crippen LogP contribution in [0.3, 0.4) is 0 Å². The van der Waals surface area contributed by atoms with Crippen molar-refractivity contribution in [1.82, 2.24) is 15.1 Å². The number of hydrogen-bond acceptors (Lipinski definition) is 6. The van der Waals surface area contributed by atoms with E-state index < -0.39 is 5.91 Å². The number of nitrogens with zero attached hydrogens (tertiary/aromatic N) is 2. The molecule has 2 aromatic heterocycles. The number of carbonyl (C=O) groups is 2. The standard InChI is InChI=1S/C26H24N4O5/c1-34-19-9-4-16(5-10-19)15-27-26(33)30-22(17-6-7-17)14-21(29-30)20-11-8-18(13-23(20)31)28-25(32)24-3-2-12-35-24/h2-5,8-14,17,31H,6-7,15H2,1H3,(H,27,33)(H,28,32). The molecule has 1 aliphatic rings. The first kappa shape index (κ1) is 22.3. The second-order valence-electron chi connectivity index (χ2n) is 8.31. The Balaban J connectivity index is 1.33. The molecule has 0 radical (unpaired) electrons. The minimum absolute atomic E-state index is 0.0621. The average Bonchev–Trinajstić information content (AvgIpc) is 3.37. The van der Waals surface area contributed by atoms with E-state index in [1.54, 1.807) is 31.4 Å². The molecule has 2 aromatic carbocycles. The molecular formula is C26H24N4O5. The average molecular weight is 473 g/mol. The van der Waals surface area contributed by atoms with E-state index in [4.69, 9.17) is 9.15 Å². The van der Waals surface area contributed by atoms with Crippen molar-refractivity contribution < 1.29 is 23.8 Å². The number of hydrogen-bond donors (Lipinski definition) is 3. The van der Waals surface area contributed by atoms with Crippen LogP contribution < -0.4 is 15.4 Å². The summed E-state index contributed by atoms with van der Waals surface area (Å²) in [6, 6.07) is 16.9. The summed E-state index contributed by atoms with van der Waals surface area (Å²) in [7, 11) is 1.60. The predicted molar refractivity (Wildman–Crippen MR) is 129 cm³/mol. The number of anilines is 1. The topological polar surface area (TPSA) is 119 Å². The molecule has 0 atom stereocenters. The van der Waals surface area contributed by atoms with Crippen molar-refractivity contribution in [2.45, 2.75) is 25.3 Å². The van der Waals surface area contributed by atoms with Crippen molar-refractivity contribution in [3.8, 4) is 22.8 Å². The lowest BCUT2D eigenvalue weighted by Gasteiger charge is -2.09. The lowest BCUT2D eigenvalue weighted by atomic mass is 10.1. The zero-order chi connectivity index (χ0) is 24.4. The van der Waals surface area contributed by atoms with E-state index in [0.717, 1.165) is 29.8 Å². The van der Waals surface area contributed by atoms with E-state index in [-0.39, 0.29) is 23.5 Å². The number of amides is 2. The first-order valence-corrected chi connectivity index (χ1v) is 11.2. The van der Waals surface area contributed by atoms with E-state index >= 15 is 0 Å². The molecular weight excluding hydrogens is 448 g/mol. The third-order valence-electron chi connectivity index (χ3n) is 5.80. The van der Waals surface area contributed by atoms with Gasteiger partial charge < -0.3 is 24.9 Å². The Morgan fingerprint density at radius 2 is 1.94 bits per heavy atom. The number of methoxy groups -OCH3 is 1. The third-order valence-corrected chi connectivity index (χ3v) is 5.80. The van der Waals surface area contributed by atoms with Crippen LogP contribution in [0, 0.1) is 0 Å². The molecule has 1 fully saturated rings. The van der Waals surface area contributed by atoms with Crippen molar-refractivity contribution >= 4 is 17.6 Å². The van der Waals surface area contributed by atoms with Gasteiger partial charge >= 0.3 is 6.03 Å². The highest BCUT2D eigenvalue weighted by atomic mass is 16.5. The minimum Gasteiger partial charge on any atom is -0.507 e. The van der Waals surface area contributed by atoms with E-state index in [9.17, 15) is 14.7 Å². The number of furan rings is 1. The molecule has 5 rings (SSSR count). The first-order chi connectivity index (χ1) is 17.0. The van der Waals surface area contributed by atoms with Crippen LogP contribution in [0.4, 0.5) is 10.5 Å². The molecule has 9 nitrogen and oxygen atoms in total. The maximum atomic E-state index is 13.0. The van der Waals surface area contributed by atoms with Gasteiger partial charge in [0.15, 0.2) is 5.76 Å². The summed E-state index contributed by atoms with van der Waals surface area (Å²) in [6.45, 7) is 0.345. The molecule has 0 spiro atoms. The van der Waals surface area contributed by atoms with Crippen LogP contribution in [0.2, 0.25) is 0 Å². The van der Waals surface area contributed by atoms with Crippen LogP contribution in [0.15, 0.2) is 71.3 Å². The predicted octanol–water partition coefficient (Wildman–Crippen LogP) is 4.74. The van der Waals surface area contributed by atoms with Gasteiger partial charge in [0.2, 0.25) is 0 Å². The molecule has 2 amide bonds. The summed E-state index contributed by atoms with van der Waals surface area (Å²) < 4.78 is 11.6. The Hall–Kier alpha value is -4.53. The summed E-state index contributed by atoms with van der Waals surface area (Å²) in [5.41, 5.74) is 3.09. The Labute approximate surface area is 201 Å². The lowest BCUT2D eigenvalue weighted by Crippen LogP contribution is -2.30. The molecule has 1 saturated carbocycles. The molecule has 9 heteroatoms. The van der Waals surface area contributed by atoms with Gasteiger partial charge in [-0.1, -0.05) is 12.1 Å². The van der Waals surface area contributed by atoms with Crippen molar-refractivity contribution in [2.24, 2.45) is 0 Å². The normalized spacial score (nSPS) is 12.8. The summed E-state index contributed by atoms with van der Waals surface area (Å²) in [5.74, 6) is 0.696. The van der Waals surface area contributed by atoms with Gasteiger partial charge in [0.05, 0.1) is 24.8 Å². The second-order valence-corrected chi connectivity index (χ2v) is 8.31. The maximum absolute atomic E-state index is 13.0. The van der Waals surface area contributed by atoms with E-state index in [1.165, 1.54) is 17.0 Å². The maximum Gasteiger partial charge on any atom is 0.342 e. The molecule has 0 aliphatic heterocycles. The highest BCUT2D eigenvalue weighted by molar-refractivity contribution is 6.02. The van der Waals surface area contributed by atoms with Gasteiger partial charge in [0.1, 0.15) is 11.5 Å². The van der Waals surface area contributed by atoms with Crippen molar-refractivity contribution in [1.29, 1.82) is 0 Å². The molecule has 3 N–H and O–H groups in total. The zero-order valence-electron chi connectivity index (χ0n) is 19.0. The molecule has 1 aliphatic carbocycles. The Morgan fingerprint density at radius 1 is 1.14 bits per heavy atom. The Kier molecular flexibility index (Phi) is 5.97. The van der Waals surface area contributed by atoms with Gasteiger partial charge in [-0.3, -0.25) is 4.79 Å². The fourth-order valence-corrected chi connectivity index (χ4v) is 3.78.